The summed E-state index contributed by atoms with van der Waals surface area (Å²) in [6.45, 7) is 0.831. The van der Waals surface area contributed by atoms with Crippen LogP contribution >= 0.6 is 11.3 Å². The highest BCUT2D eigenvalue weighted by Gasteiger charge is 2.38. The number of hydrogen-bond donors (Lipinski definition) is 2. The van der Waals surface area contributed by atoms with Crippen LogP contribution in [0.5, 0.6) is 0 Å². The number of ether oxygens (including phenoxy) is 1. The smallest absolute Gasteiger partial charge is 0.443 e. The SMILES string of the molecule is COCC(C)(NC(=O)c1csc(C(F)(F)F)n1)C(=O)O. The highest BCUT2D eigenvalue weighted by atomic mass is 32.1. The molecule has 1 heterocycles. The van der Waals surface area contributed by atoms with Crippen LogP contribution in [0.1, 0.15) is 22.4 Å². The summed E-state index contributed by atoms with van der Waals surface area (Å²) >= 11 is 0.257. The molecule has 20 heavy (non-hydrogen) atoms. The van der Waals surface area contributed by atoms with Crippen molar-refractivity contribution in [2.45, 2.75) is 18.6 Å². The fourth-order valence-electron chi connectivity index (χ4n) is 1.26. The van der Waals surface area contributed by atoms with Crippen molar-refractivity contribution in [2.75, 3.05) is 13.7 Å². The first-order chi connectivity index (χ1) is 9.10. The average molecular weight is 312 g/mol. The molecule has 0 aliphatic rings. The third kappa shape index (κ3) is 3.67. The summed E-state index contributed by atoms with van der Waals surface area (Å²) in [4.78, 5) is 25.9. The molecule has 1 rings (SSSR count). The molecule has 0 aromatic carbocycles. The summed E-state index contributed by atoms with van der Waals surface area (Å²) in [5.41, 5.74) is -2.25. The number of hydrogen-bond acceptors (Lipinski definition) is 5. The van der Waals surface area contributed by atoms with E-state index in [-0.39, 0.29) is 17.9 Å². The molecule has 2 N–H and O–H groups in total. The molecule has 112 valence electrons. The molecule has 0 bridgehead atoms. The third-order valence-electron chi connectivity index (χ3n) is 2.27. The van der Waals surface area contributed by atoms with Crippen LogP contribution in [0.15, 0.2) is 5.38 Å². The lowest BCUT2D eigenvalue weighted by Gasteiger charge is -2.24. The second kappa shape index (κ2) is 5.75. The van der Waals surface area contributed by atoms with Crippen LogP contribution in [0.3, 0.4) is 0 Å². The lowest BCUT2D eigenvalue weighted by atomic mass is 10.0. The molecule has 1 atom stereocenters. The number of carbonyl (C=O) groups is 2. The molecule has 0 fully saturated rings. The zero-order valence-electron chi connectivity index (χ0n) is 10.4. The number of carbonyl (C=O) groups excluding carboxylic acids is 1. The zero-order chi connectivity index (χ0) is 15.6. The average Bonchev–Trinajstić information content (AvgIpc) is 2.77. The number of amides is 1. The summed E-state index contributed by atoms with van der Waals surface area (Å²) in [6, 6.07) is 0. The normalized spacial score (nSPS) is 14.7. The number of nitrogens with one attached hydrogen (secondary N) is 1. The Bertz CT molecular complexity index is 517. The van der Waals surface area contributed by atoms with Crippen molar-refractivity contribution >= 4 is 23.2 Å². The Morgan fingerprint density at radius 2 is 2.10 bits per heavy atom. The molecule has 0 aliphatic carbocycles. The van der Waals surface area contributed by atoms with Gasteiger partial charge in [0.15, 0.2) is 10.5 Å². The van der Waals surface area contributed by atoms with Crippen molar-refractivity contribution in [1.82, 2.24) is 10.3 Å². The molecule has 0 saturated heterocycles. The summed E-state index contributed by atoms with van der Waals surface area (Å²) < 4.78 is 41.7. The number of alkyl halides is 3. The van der Waals surface area contributed by atoms with E-state index >= 15 is 0 Å². The molecular formula is C10H11F3N2O4S. The summed E-state index contributed by atoms with van der Waals surface area (Å²) in [5.74, 6) is -2.39. The van der Waals surface area contributed by atoms with Gasteiger partial charge in [0.25, 0.3) is 5.91 Å². The van der Waals surface area contributed by atoms with Crippen LogP contribution in [-0.2, 0) is 15.7 Å². The summed E-state index contributed by atoms with van der Waals surface area (Å²) in [5, 5.41) is 10.8. The highest BCUT2D eigenvalue weighted by molar-refractivity contribution is 7.09. The second-order valence-corrected chi connectivity index (χ2v) is 4.92. The van der Waals surface area contributed by atoms with Gasteiger partial charge in [-0.1, -0.05) is 0 Å². The Hall–Kier alpha value is -1.68. The molecule has 1 unspecified atom stereocenters. The van der Waals surface area contributed by atoms with Gasteiger partial charge in [0, 0.05) is 12.5 Å². The number of halogens is 3. The Morgan fingerprint density at radius 3 is 2.50 bits per heavy atom. The Kier molecular flexibility index (Phi) is 4.71. The van der Waals surface area contributed by atoms with E-state index in [0.29, 0.717) is 0 Å². The molecule has 6 nitrogen and oxygen atoms in total. The molecule has 10 heteroatoms. The molecule has 1 aromatic rings. The van der Waals surface area contributed by atoms with Gasteiger partial charge in [-0.05, 0) is 6.92 Å². The first-order valence-corrected chi connectivity index (χ1v) is 6.05. The number of nitrogens with zero attached hydrogens (tertiary/aromatic N) is 1. The molecule has 0 radical (unpaired) electrons. The number of carboxylic acids is 1. The van der Waals surface area contributed by atoms with Gasteiger partial charge in [-0.2, -0.15) is 13.2 Å². The van der Waals surface area contributed by atoms with E-state index in [1.165, 1.54) is 14.0 Å². The van der Waals surface area contributed by atoms with E-state index in [4.69, 9.17) is 5.11 Å². The van der Waals surface area contributed by atoms with Gasteiger partial charge < -0.3 is 15.2 Å². The van der Waals surface area contributed by atoms with Gasteiger partial charge in [-0.15, -0.1) is 11.3 Å². The maximum absolute atomic E-state index is 12.4. The van der Waals surface area contributed by atoms with Crippen LogP contribution in [0, 0.1) is 0 Å². The van der Waals surface area contributed by atoms with Crippen molar-refractivity contribution in [3.63, 3.8) is 0 Å². The molecular weight excluding hydrogens is 301 g/mol. The van der Waals surface area contributed by atoms with E-state index in [2.05, 4.69) is 15.0 Å². The predicted octanol–water partition coefficient (Wildman–Crippen LogP) is 1.38. The van der Waals surface area contributed by atoms with E-state index in [0.717, 1.165) is 5.38 Å². The van der Waals surface area contributed by atoms with Crippen molar-refractivity contribution in [3.8, 4) is 0 Å². The number of thiazole rings is 1. The fraction of sp³-hybridized carbons (Fsp3) is 0.500. The number of rotatable bonds is 5. The largest absolute Gasteiger partial charge is 0.479 e. The predicted molar refractivity (Wildman–Crippen MR) is 62.5 cm³/mol. The van der Waals surface area contributed by atoms with Gasteiger partial charge in [0.05, 0.1) is 6.61 Å². The molecule has 1 aromatic heterocycles. The van der Waals surface area contributed by atoms with Crippen LogP contribution in [0.4, 0.5) is 13.2 Å². The molecule has 1 amide bonds. The lowest BCUT2D eigenvalue weighted by Crippen LogP contribution is -2.55. The topological polar surface area (TPSA) is 88.5 Å². The van der Waals surface area contributed by atoms with Crippen molar-refractivity contribution in [2.24, 2.45) is 0 Å². The van der Waals surface area contributed by atoms with E-state index in [1.54, 1.807) is 0 Å². The number of aromatic nitrogens is 1. The molecule has 0 spiro atoms. The third-order valence-corrected chi connectivity index (χ3v) is 3.16. The van der Waals surface area contributed by atoms with Crippen LogP contribution < -0.4 is 5.32 Å². The monoisotopic (exact) mass is 312 g/mol. The number of aliphatic carboxylic acids is 1. The van der Waals surface area contributed by atoms with Gasteiger partial charge in [-0.3, -0.25) is 4.79 Å². The van der Waals surface area contributed by atoms with Gasteiger partial charge in [0.1, 0.15) is 5.69 Å². The molecule has 0 aliphatic heterocycles. The van der Waals surface area contributed by atoms with Gasteiger partial charge >= 0.3 is 12.1 Å². The highest BCUT2D eigenvalue weighted by Crippen LogP contribution is 2.31. The van der Waals surface area contributed by atoms with Crippen LogP contribution in [-0.4, -0.2) is 41.2 Å². The number of methoxy groups -OCH3 is 1. The second-order valence-electron chi connectivity index (χ2n) is 4.06. The van der Waals surface area contributed by atoms with Crippen LogP contribution in [0.25, 0.3) is 0 Å². The first kappa shape index (κ1) is 16.4. The van der Waals surface area contributed by atoms with E-state index < -0.39 is 34.3 Å². The van der Waals surface area contributed by atoms with E-state index in [1.807, 2.05) is 0 Å². The molecule has 0 saturated carbocycles. The van der Waals surface area contributed by atoms with Gasteiger partial charge in [-0.25, -0.2) is 9.78 Å². The van der Waals surface area contributed by atoms with Crippen molar-refractivity contribution < 1.29 is 32.6 Å². The standard InChI is InChI=1S/C10H11F3N2O4S/c1-9(4-19-2,8(17)18)15-6(16)5-3-20-7(14-5)10(11,12)13/h3H,4H2,1-2H3,(H,15,16)(H,17,18). The van der Waals surface area contributed by atoms with E-state index in [9.17, 15) is 22.8 Å². The Morgan fingerprint density at radius 1 is 1.50 bits per heavy atom. The summed E-state index contributed by atoms with van der Waals surface area (Å²) in [7, 11) is 1.23. The van der Waals surface area contributed by atoms with Crippen LogP contribution in [0.2, 0.25) is 0 Å². The first-order valence-electron chi connectivity index (χ1n) is 5.17. The lowest BCUT2D eigenvalue weighted by molar-refractivity contribution is -0.146. The Balaban J connectivity index is 2.90. The van der Waals surface area contributed by atoms with Crippen molar-refractivity contribution in [1.29, 1.82) is 0 Å². The van der Waals surface area contributed by atoms with Crippen molar-refractivity contribution in [3.05, 3.63) is 16.1 Å². The fourth-order valence-corrected chi connectivity index (χ4v) is 1.93. The zero-order valence-corrected chi connectivity index (χ0v) is 11.3. The number of carboxylic acid groups (broad SMARTS) is 1. The summed E-state index contributed by atoms with van der Waals surface area (Å²) in [6.07, 6.45) is -4.65. The minimum Gasteiger partial charge on any atom is -0.479 e. The maximum Gasteiger partial charge on any atom is 0.443 e. The van der Waals surface area contributed by atoms with Gasteiger partial charge in [0.2, 0.25) is 0 Å². The maximum atomic E-state index is 12.4. The minimum atomic E-state index is -4.65. The Labute approximate surface area is 115 Å². The minimum absolute atomic E-state index is 0.257. The quantitative estimate of drug-likeness (QED) is 0.857.